The molecule has 1 amide bonds. The molecule has 2 aromatic heterocycles. The lowest BCUT2D eigenvalue weighted by Gasteiger charge is -2.17. The van der Waals surface area contributed by atoms with Crippen LogP contribution in [-0.2, 0) is 0 Å². The molecule has 0 radical (unpaired) electrons. The van der Waals surface area contributed by atoms with E-state index in [-0.39, 0.29) is 17.6 Å². The normalized spacial score (nSPS) is 12.8. The first kappa shape index (κ1) is 19.9. The van der Waals surface area contributed by atoms with Crippen LogP contribution in [-0.4, -0.2) is 20.4 Å². The van der Waals surface area contributed by atoms with Gasteiger partial charge in [-0.15, -0.1) is 0 Å². The Labute approximate surface area is 172 Å². The van der Waals surface area contributed by atoms with E-state index in [0.717, 1.165) is 15.8 Å². The van der Waals surface area contributed by atoms with Crippen molar-refractivity contribution in [2.45, 2.75) is 39.3 Å². The van der Waals surface area contributed by atoms with Crippen LogP contribution < -0.4 is 5.32 Å². The van der Waals surface area contributed by atoms with E-state index < -0.39 is 12.6 Å². The summed E-state index contributed by atoms with van der Waals surface area (Å²) in [5, 5.41) is 3.56. The fourth-order valence-electron chi connectivity index (χ4n) is 3.59. The van der Waals surface area contributed by atoms with Crippen LogP contribution in [0, 0.1) is 0 Å². The van der Waals surface area contributed by atoms with E-state index in [1.165, 1.54) is 0 Å². The first-order valence-corrected chi connectivity index (χ1v) is 9.82. The molecule has 0 aliphatic rings. The van der Waals surface area contributed by atoms with Gasteiger partial charge in [0.1, 0.15) is 5.82 Å². The summed E-state index contributed by atoms with van der Waals surface area (Å²) < 4.78 is 28.4. The van der Waals surface area contributed by atoms with Crippen molar-refractivity contribution in [3.05, 3.63) is 71.7 Å². The number of hydrogen-bond acceptors (Lipinski definition) is 3. The average molecular weight is 408 g/mol. The van der Waals surface area contributed by atoms with Crippen molar-refractivity contribution in [1.29, 1.82) is 0 Å². The standard InChI is InChI=1S/C23H22F2N4O/c1-13(2)19-12-16(15-8-4-5-9-17(15)27-19)22(30)26-14(3)21-28-18-10-6-7-11-20(18)29(21)23(24)25/h4-14,23H,1-3H3,(H,26,30)/t14-/m1/s1. The number of imidazole rings is 1. The summed E-state index contributed by atoms with van der Waals surface area (Å²) >= 11 is 0. The van der Waals surface area contributed by atoms with Crippen LogP contribution in [0.5, 0.6) is 0 Å². The van der Waals surface area contributed by atoms with Crippen molar-refractivity contribution < 1.29 is 13.6 Å². The van der Waals surface area contributed by atoms with Crippen LogP contribution in [0.15, 0.2) is 54.6 Å². The number of fused-ring (bicyclic) bond motifs is 2. The summed E-state index contributed by atoms with van der Waals surface area (Å²) in [6.45, 7) is 2.91. The number of nitrogens with one attached hydrogen (secondary N) is 1. The molecule has 0 unspecified atom stereocenters. The lowest BCUT2D eigenvalue weighted by Crippen LogP contribution is -2.29. The molecule has 2 heterocycles. The van der Waals surface area contributed by atoms with Gasteiger partial charge < -0.3 is 5.32 Å². The highest BCUT2D eigenvalue weighted by Gasteiger charge is 2.24. The van der Waals surface area contributed by atoms with E-state index >= 15 is 0 Å². The number of carbonyl (C=O) groups excluding carboxylic acids is 1. The van der Waals surface area contributed by atoms with E-state index in [0.29, 0.717) is 22.0 Å². The van der Waals surface area contributed by atoms with Crippen molar-refractivity contribution in [2.24, 2.45) is 0 Å². The molecule has 0 saturated carbocycles. The number of hydrogen-bond donors (Lipinski definition) is 1. The molecular formula is C23H22F2N4O. The summed E-state index contributed by atoms with van der Waals surface area (Å²) in [6, 6.07) is 15.2. The molecular weight excluding hydrogens is 386 g/mol. The Balaban J connectivity index is 1.73. The van der Waals surface area contributed by atoms with Gasteiger partial charge in [-0.05, 0) is 37.1 Å². The molecule has 0 spiro atoms. The molecule has 1 atom stereocenters. The van der Waals surface area contributed by atoms with E-state index in [1.54, 1.807) is 37.3 Å². The Morgan fingerprint density at radius 1 is 0.967 bits per heavy atom. The fraction of sp³-hybridized carbons (Fsp3) is 0.261. The predicted octanol–water partition coefficient (Wildman–Crippen LogP) is 5.59. The summed E-state index contributed by atoms with van der Waals surface area (Å²) in [6.07, 6.45) is 0. The number of rotatable bonds is 5. The summed E-state index contributed by atoms with van der Waals surface area (Å²) in [4.78, 5) is 22.1. The first-order valence-electron chi connectivity index (χ1n) is 9.82. The molecule has 1 N–H and O–H groups in total. The largest absolute Gasteiger partial charge is 0.342 e. The molecule has 5 nitrogen and oxygen atoms in total. The maximum absolute atomic E-state index is 13.8. The van der Waals surface area contributed by atoms with Crippen LogP contribution >= 0.6 is 0 Å². The van der Waals surface area contributed by atoms with Gasteiger partial charge in [0.25, 0.3) is 5.91 Å². The Bertz CT molecular complexity index is 1230. The van der Waals surface area contributed by atoms with Crippen LogP contribution in [0.2, 0.25) is 0 Å². The van der Waals surface area contributed by atoms with Gasteiger partial charge in [0, 0.05) is 11.1 Å². The van der Waals surface area contributed by atoms with Gasteiger partial charge in [-0.2, -0.15) is 8.78 Å². The second-order valence-electron chi connectivity index (χ2n) is 7.57. The number of nitrogens with zero attached hydrogens (tertiary/aromatic N) is 3. The van der Waals surface area contributed by atoms with Gasteiger partial charge in [-0.25, -0.2) is 4.98 Å². The quantitative estimate of drug-likeness (QED) is 0.468. The molecule has 0 aliphatic carbocycles. The summed E-state index contributed by atoms with van der Waals surface area (Å²) in [5.74, 6) is -0.0977. The smallest absolute Gasteiger partial charge is 0.320 e. The number of halogens is 2. The molecule has 154 valence electrons. The van der Waals surface area contributed by atoms with Crippen molar-refractivity contribution in [1.82, 2.24) is 19.9 Å². The van der Waals surface area contributed by atoms with Crippen LogP contribution in [0.3, 0.4) is 0 Å². The lowest BCUT2D eigenvalue weighted by atomic mass is 10.0. The zero-order valence-electron chi connectivity index (χ0n) is 16.9. The molecule has 0 bridgehead atoms. The van der Waals surface area contributed by atoms with E-state index in [4.69, 9.17) is 0 Å². The number of para-hydroxylation sites is 3. The zero-order valence-corrected chi connectivity index (χ0v) is 16.9. The Kier molecular flexibility index (Phi) is 5.20. The minimum atomic E-state index is -2.76. The SMILES string of the molecule is CC(C)c1cc(C(=O)N[C@H](C)c2nc3ccccc3n2C(F)F)c2ccccc2n1. The number of pyridine rings is 1. The number of aromatic nitrogens is 3. The Morgan fingerprint density at radius 2 is 1.63 bits per heavy atom. The highest BCUT2D eigenvalue weighted by Crippen LogP contribution is 2.28. The monoisotopic (exact) mass is 408 g/mol. The molecule has 0 aliphatic heterocycles. The topological polar surface area (TPSA) is 59.8 Å². The van der Waals surface area contributed by atoms with Gasteiger partial charge in [-0.1, -0.05) is 44.2 Å². The highest BCUT2D eigenvalue weighted by molar-refractivity contribution is 6.06. The molecule has 0 fully saturated rings. The molecule has 2 aromatic carbocycles. The van der Waals surface area contributed by atoms with Gasteiger partial charge in [0.15, 0.2) is 0 Å². The van der Waals surface area contributed by atoms with E-state index in [2.05, 4.69) is 15.3 Å². The predicted molar refractivity (Wildman–Crippen MR) is 113 cm³/mol. The highest BCUT2D eigenvalue weighted by atomic mass is 19.3. The molecule has 0 saturated heterocycles. The average Bonchev–Trinajstić information content (AvgIpc) is 3.12. The van der Waals surface area contributed by atoms with Gasteiger partial charge in [0.05, 0.1) is 28.2 Å². The summed E-state index contributed by atoms with van der Waals surface area (Å²) in [5.41, 5.74) is 2.79. The third-order valence-electron chi connectivity index (χ3n) is 5.13. The van der Waals surface area contributed by atoms with Crippen molar-refractivity contribution >= 4 is 27.8 Å². The number of carbonyl (C=O) groups is 1. The Morgan fingerprint density at radius 3 is 2.33 bits per heavy atom. The number of amides is 1. The third kappa shape index (κ3) is 3.51. The van der Waals surface area contributed by atoms with Crippen molar-refractivity contribution in [2.75, 3.05) is 0 Å². The van der Waals surface area contributed by atoms with Crippen LogP contribution in [0.1, 0.15) is 61.2 Å². The fourth-order valence-corrected chi connectivity index (χ4v) is 3.59. The van der Waals surface area contributed by atoms with E-state index in [1.807, 2.05) is 38.1 Å². The van der Waals surface area contributed by atoms with Crippen molar-refractivity contribution in [3.63, 3.8) is 0 Å². The first-order chi connectivity index (χ1) is 14.4. The van der Waals surface area contributed by atoms with Crippen molar-refractivity contribution in [3.8, 4) is 0 Å². The van der Waals surface area contributed by atoms with Crippen LogP contribution in [0.4, 0.5) is 8.78 Å². The van der Waals surface area contributed by atoms with Gasteiger partial charge in [-0.3, -0.25) is 14.3 Å². The zero-order chi connectivity index (χ0) is 21.4. The molecule has 4 rings (SSSR count). The second kappa shape index (κ2) is 7.82. The molecule has 7 heteroatoms. The maximum Gasteiger partial charge on any atom is 0.320 e. The summed E-state index contributed by atoms with van der Waals surface area (Å²) in [7, 11) is 0. The number of alkyl halides is 2. The minimum Gasteiger partial charge on any atom is -0.342 e. The third-order valence-corrected chi connectivity index (χ3v) is 5.13. The van der Waals surface area contributed by atoms with Gasteiger partial charge >= 0.3 is 6.55 Å². The van der Waals surface area contributed by atoms with E-state index in [9.17, 15) is 13.6 Å². The minimum absolute atomic E-state index is 0.113. The lowest BCUT2D eigenvalue weighted by molar-refractivity contribution is 0.0688. The Hall–Kier alpha value is -3.35. The van der Waals surface area contributed by atoms with Gasteiger partial charge in [0.2, 0.25) is 0 Å². The maximum atomic E-state index is 13.8. The molecule has 30 heavy (non-hydrogen) atoms. The second-order valence-corrected chi connectivity index (χ2v) is 7.57. The number of benzene rings is 2. The van der Waals surface area contributed by atoms with Crippen LogP contribution in [0.25, 0.3) is 21.9 Å². The molecule has 4 aromatic rings.